The minimum Gasteiger partial charge on any atom is -0.495 e. The number of carbonyl (C=O) groups excluding carboxylic acids is 1. The Morgan fingerprint density at radius 1 is 1.21 bits per heavy atom. The molecule has 0 aliphatic heterocycles. The molecule has 0 bridgehead atoms. The van der Waals surface area contributed by atoms with Crippen LogP contribution >= 0.6 is 11.8 Å². The van der Waals surface area contributed by atoms with Gasteiger partial charge in [-0.3, -0.25) is 9.36 Å². The molecule has 1 N–H and O–H groups in total. The van der Waals surface area contributed by atoms with Crippen molar-refractivity contribution in [2.45, 2.75) is 19.0 Å². The molecule has 28 heavy (non-hydrogen) atoms. The summed E-state index contributed by atoms with van der Waals surface area (Å²) in [7, 11) is 1.64. The van der Waals surface area contributed by atoms with Crippen LogP contribution in [0.1, 0.15) is 12.5 Å². The van der Waals surface area contributed by atoms with Crippen molar-refractivity contribution >= 4 is 23.4 Å². The molecular formula is C21H23N3O3S. The first-order chi connectivity index (χ1) is 13.6. The second-order valence-electron chi connectivity index (χ2n) is 6.02. The lowest BCUT2D eigenvalue weighted by Crippen LogP contribution is -2.15. The number of ether oxygens (including phenoxy) is 2. The average molecular weight is 398 g/mol. The predicted molar refractivity (Wildman–Crippen MR) is 112 cm³/mol. The van der Waals surface area contributed by atoms with E-state index in [1.54, 1.807) is 13.3 Å². The third-order valence-corrected chi connectivity index (χ3v) is 4.96. The summed E-state index contributed by atoms with van der Waals surface area (Å²) in [4.78, 5) is 16.8. The molecule has 0 aliphatic rings. The number of imidazole rings is 1. The fourth-order valence-electron chi connectivity index (χ4n) is 2.74. The number of hydrogen-bond donors (Lipinski definition) is 1. The SMILES string of the molecule is CCOc1ccccc1NC(=O)CSc1nccn1-c1cc(C)ccc1OC. The van der Waals surface area contributed by atoms with Crippen molar-refractivity contribution in [1.82, 2.24) is 9.55 Å². The highest BCUT2D eigenvalue weighted by Gasteiger charge is 2.13. The van der Waals surface area contributed by atoms with Crippen molar-refractivity contribution in [1.29, 1.82) is 0 Å². The fraction of sp³-hybridized carbons (Fsp3) is 0.238. The summed E-state index contributed by atoms with van der Waals surface area (Å²) in [6.45, 7) is 4.47. The van der Waals surface area contributed by atoms with Gasteiger partial charge < -0.3 is 14.8 Å². The molecule has 0 unspecified atom stereocenters. The van der Waals surface area contributed by atoms with Crippen LogP contribution in [0.4, 0.5) is 5.69 Å². The number of methoxy groups -OCH3 is 1. The quantitative estimate of drug-likeness (QED) is 0.574. The van der Waals surface area contributed by atoms with Crippen LogP contribution in [0.25, 0.3) is 5.69 Å². The summed E-state index contributed by atoms with van der Waals surface area (Å²) in [5.74, 6) is 1.52. The number of anilines is 1. The average Bonchev–Trinajstić information content (AvgIpc) is 3.16. The van der Waals surface area contributed by atoms with Gasteiger partial charge in [-0.1, -0.05) is 30.0 Å². The first-order valence-electron chi connectivity index (χ1n) is 8.95. The molecule has 0 radical (unpaired) electrons. The van der Waals surface area contributed by atoms with Crippen molar-refractivity contribution in [3.63, 3.8) is 0 Å². The van der Waals surface area contributed by atoms with E-state index in [1.807, 2.05) is 67.1 Å². The van der Waals surface area contributed by atoms with Gasteiger partial charge in [0.2, 0.25) is 5.91 Å². The molecule has 0 saturated heterocycles. The Hall–Kier alpha value is -2.93. The Morgan fingerprint density at radius 3 is 2.82 bits per heavy atom. The monoisotopic (exact) mass is 397 g/mol. The van der Waals surface area contributed by atoms with E-state index in [0.717, 1.165) is 22.2 Å². The fourth-order valence-corrected chi connectivity index (χ4v) is 3.50. The number of nitrogens with one attached hydrogen (secondary N) is 1. The van der Waals surface area contributed by atoms with Gasteiger partial charge in [0.15, 0.2) is 5.16 Å². The van der Waals surface area contributed by atoms with Gasteiger partial charge in [0.25, 0.3) is 0 Å². The molecule has 0 fully saturated rings. The van der Waals surface area contributed by atoms with Crippen LogP contribution in [-0.4, -0.2) is 34.9 Å². The molecule has 1 heterocycles. The smallest absolute Gasteiger partial charge is 0.234 e. The number of para-hydroxylation sites is 2. The summed E-state index contributed by atoms with van der Waals surface area (Å²) in [6, 6.07) is 13.4. The van der Waals surface area contributed by atoms with Crippen molar-refractivity contribution in [3.05, 3.63) is 60.4 Å². The van der Waals surface area contributed by atoms with Gasteiger partial charge in [-0.2, -0.15) is 0 Å². The number of amides is 1. The molecule has 3 aromatic rings. The number of aryl methyl sites for hydroxylation is 1. The van der Waals surface area contributed by atoms with Gasteiger partial charge in [-0.05, 0) is 43.7 Å². The summed E-state index contributed by atoms with van der Waals surface area (Å²) in [5.41, 5.74) is 2.67. The van der Waals surface area contributed by atoms with Crippen molar-refractivity contribution in [2.75, 3.05) is 24.8 Å². The molecule has 0 saturated carbocycles. The maximum absolute atomic E-state index is 12.4. The second-order valence-corrected chi connectivity index (χ2v) is 6.96. The van der Waals surface area contributed by atoms with E-state index in [0.29, 0.717) is 18.0 Å². The minimum absolute atomic E-state index is 0.122. The lowest BCUT2D eigenvalue weighted by atomic mass is 10.2. The maximum Gasteiger partial charge on any atom is 0.234 e. The van der Waals surface area contributed by atoms with Crippen LogP contribution < -0.4 is 14.8 Å². The molecule has 2 aromatic carbocycles. The number of carbonyl (C=O) groups is 1. The van der Waals surface area contributed by atoms with Gasteiger partial charge >= 0.3 is 0 Å². The lowest BCUT2D eigenvalue weighted by molar-refractivity contribution is -0.113. The highest BCUT2D eigenvalue weighted by molar-refractivity contribution is 7.99. The number of rotatable bonds is 8. The van der Waals surface area contributed by atoms with E-state index < -0.39 is 0 Å². The summed E-state index contributed by atoms with van der Waals surface area (Å²) >= 11 is 1.36. The third kappa shape index (κ3) is 4.67. The Morgan fingerprint density at radius 2 is 2.04 bits per heavy atom. The van der Waals surface area contributed by atoms with Gasteiger partial charge in [0.1, 0.15) is 11.5 Å². The topological polar surface area (TPSA) is 65.4 Å². The molecular weight excluding hydrogens is 374 g/mol. The van der Waals surface area contributed by atoms with Crippen LogP contribution in [0.5, 0.6) is 11.5 Å². The molecule has 0 atom stereocenters. The zero-order chi connectivity index (χ0) is 19.9. The van der Waals surface area contributed by atoms with Crippen LogP contribution in [0.15, 0.2) is 60.0 Å². The molecule has 0 spiro atoms. The lowest BCUT2D eigenvalue weighted by Gasteiger charge is -2.13. The molecule has 3 rings (SSSR count). The highest BCUT2D eigenvalue weighted by Crippen LogP contribution is 2.29. The third-order valence-electron chi connectivity index (χ3n) is 3.99. The Balaban J connectivity index is 1.71. The zero-order valence-corrected chi connectivity index (χ0v) is 17.0. The van der Waals surface area contributed by atoms with E-state index >= 15 is 0 Å². The van der Waals surface area contributed by atoms with E-state index in [4.69, 9.17) is 9.47 Å². The Bertz CT molecular complexity index is 956. The molecule has 1 aromatic heterocycles. The predicted octanol–water partition coefficient (Wildman–Crippen LogP) is 4.32. The van der Waals surface area contributed by atoms with Crippen LogP contribution in [0.3, 0.4) is 0 Å². The standard InChI is InChI=1S/C21H23N3O3S/c1-4-27-18-8-6-5-7-16(18)23-20(25)14-28-21-22-11-12-24(21)17-13-15(2)9-10-19(17)26-3/h5-13H,4,14H2,1-3H3,(H,23,25). The summed E-state index contributed by atoms with van der Waals surface area (Å²) in [5, 5.41) is 3.62. The molecule has 0 aliphatic carbocycles. The normalized spacial score (nSPS) is 10.5. The van der Waals surface area contributed by atoms with Crippen LogP contribution in [0, 0.1) is 6.92 Å². The van der Waals surface area contributed by atoms with E-state index in [2.05, 4.69) is 10.3 Å². The molecule has 6 nitrogen and oxygen atoms in total. The zero-order valence-electron chi connectivity index (χ0n) is 16.1. The van der Waals surface area contributed by atoms with Crippen molar-refractivity contribution in [3.8, 4) is 17.2 Å². The van der Waals surface area contributed by atoms with E-state index in [1.165, 1.54) is 11.8 Å². The van der Waals surface area contributed by atoms with Crippen LogP contribution in [-0.2, 0) is 4.79 Å². The number of hydrogen-bond acceptors (Lipinski definition) is 5. The number of thioether (sulfide) groups is 1. The minimum atomic E-state index is -0.122. The van der Waals surface area contributed by atoms with E-state index in [9.17, 15) is 4.79 Å². The molecule has 1 amide bonds. The van der Waals surface area contributed by atoms with Crippen molar-refractivity contribution < 1.29 is 14.3 Å². The summed E-state index contributed by atoms with van der Waals surface area (Å²) in [6.07, 6.45) is 3.58. The summed E-state index contributed by atoms with van der Waals surface area (Å²) < 4.78 is 12.9. The highest BCUT2D eigenvalue weighted by atomic mass is 32.2. The Labute approximate surface area is 168 Å². The van der Waals surface area contributed by atoms with Gasteiger partial charge in [0, 0.05) is 12.4 Å². The van der Waals surface area contributed by atoms with E-state index in [-0.39, 0.29) is 11.7 Å². The Kier molecular flexibility index (Phi) is 6.60. The number of aromatic nitrogens is 2. The van der Waals surface area contributed by atoms with Crippen LogP contribution in [0.2, 0.25) is 0 Å². The molecule has 7 heteroatoms. The van der Waals surface area contributed by atoms with Gasteiger partial charge in [-0.15, -0.1) is 0 Å². The first-order valence-corrected chi connectivity index (χ1v) is 9.93. The van der Waals surface area contributed by atoms with Gasteiger partial charge in [0.05, 0.1) is 30.8 Å². The first kappa shape index (κ1) is 19.8. The second kappa shape index (κ2) is 9.32. The van der Waals surface area contributed by atoms with Gasteiger partial charge in [-0.25, -0.2) is 4.98 Å². The number of nitrogens with zero attached hydrogens (tertiary/aromatic N) is 2. The van der Waals surface area contributed by atoms with Crippen molar-refractivity contribution in [2.24, 2.45) is 0 Å². The molecule has 146 valence electrons. The maximum atomic E-state index is 12.4. The largest absolute Gasteiger partial charge is 0.495 e. The number of benzene rings is 2.